The van der Waals surface area contributed by atoms with E-state index in [0.29, 0.717) is 18.2 Å². The molecule has 0 aromatic heterocycles. The number of nitrogens with zero attached hydrogens (tertiary/aromatic N) is 1. The van der Waals surface area contributed by atoms with Crippen LogP contribution < -0.4 is 4.74 Å². The van der Waals surface area contributed by atoms with Crippen LogP contribution in [-0.4, -0.2) is 30.1 Å². The van der Waals surface area contributed by atoms with Gasteiger partial charge in [-0.05, 0) is 61.2 Å². The van der Waals surface area contributed by atoms with E-state index in [1.165, 1.54) is 0 Å². The molecular weight excluding hydrogens is 430 g/mol. The number of ether oxygens (including phenoxy) is 2. The van der Waals surface area contributed by atoms with Gasteiger partial charge in [-0.25, -0.2) is 0 Å². The zero-order valence-corrected chi connectivity index (χ0v) is 17.6. The van der Waals surface area contributed by atoms with Gasteiger partial charge < -0.3 is 14.4 Å². The van der Waals surface area contributed by atoms with Crippen molar-refractivity contribution >= 4 is 33.4 Å². The number of carbonyl (C=O) groups excluding carboxylic acids is 1. The minimum absolute atomic E-state index is 0.0585. The zero-order valence-electron chi connectivity index (χ0n) is 15.3. The van der Waals surface area contributed by atoms with E-state index in [1.54, 1.807) is 7.11 Å². The highest BCUT2D eigenvalue weighted by Gasteiger charge is 2.60. The van der Waals surface area contributed by atoms with Crippen LogP contribution in [0, 0.1) is 0 Å². The first-order chi connectivity index (χ1) is 12.9. The lowest BCUT2D eigenvalue weighted by Crippen LogP contribution is -2.59. The van der Waals surface area contributed by atoms with Gasteiger partial charge in [-0.1, -0.05) is 39.7 Å². The fourth-order valence-corrected chi connectivity index (χ4v) is 4.48. The van der Waals surface area contributed by atoms with Gasteiger partial charge in [-0.15, -0.1) is 0 Å². The molecule has 27 heavy (non-hydrogen) atoms. The summed E-state index contributed by atoms with van der Waals surface area (Å²) in [6.07, 6.45) is 1.58. The molecule has 1 saturated carbocycles. The number of rotatable bonds is 4. The van der Waals surface area contributed by atoms with Crippen molar-refractivity contribution in [3.05, 3.63) is 63.1 Å². The Kier molecular flexibility index (Phi) is 4.73. The van der Waals surface area contributed by atoms with Crippen LogP contribution in [0.3, 0.4) is 0 Å². The average Bonchev–Trinajstić information content (AvgIpc) is 3.43. The van der Waals surface area contributed by atoms with Crippen LogP contribution in [0.1, 0.15) is 30.9 Å². The molecule has 1 saturated heterocycles. The summed E-state index contributed by atoms with van der Waals surface area (Å²) in [4.78, 5) is 15.3. The van der Waals surface area contributed by atoms with E-state index >= 15 is 0 Å². The topological polar surface area (TPSA) is 38.8 Å². The highest BCUT2D eigenvalue weighted by Crippen LogP contribution is 2.49. The summed E-state index contributed by atoms with van der Waals surface area (Å²) in [5, 5.41) is 0.629. The fourth-order valence-electron chi connectivity index (χ4n) is 3.62. The molecule has 2 aromatic carbocycles. The van der Waals surface area contributed by atoms with Crippen molar-refractivity contribution in [3.63, 3.8) is 0 Å². The summed E-state index contributed by atoms with van der Waals surface area (Å²) in [6.45, 7) is 3.00. The van der Waals surface area contributed by atoms with E-state index in [2.05, 4.69) is 15.9 Å². The van der Waals surface area contributed by atoms with E-state index in [-0.39, 0.29) is 5.91 Å². The van der Waals surface area contributed by atoms with Crippen LogP contribution in [-0.2, 0) is 21.6 Å². The van der Waals surface area contributed by atoms with Crippen LogP contribution in [0.4, 0.5) is 0 Å². The van der Waals surface area contributed by atoms with Gasteiger partial charge in [-0.3, -0.25) is 4.79 Å². The molecule has 6 heteroatoms. The molecule has 0 radical (unpaired) electrons. The van der Waals surface area contributed by atoms with Crippen LogP contribution in [0.25, 0.3) is 0 Å². The number of hydrogen-bond acceptors (Lipinski definition) is 3. The first-order valence-corrected chi connectivity index (χ1v) is 10.1. The van der Waals surface area contributed by atoms with Crippen molar-refractivity contribution in [2.75, 3.05) is 13.7 Å². The quantitative estimate of drug-likeness (QED) is 0.664. The van der Waals surface area contributed by atoms with Gasteiger partial charge in [0, 0.05) is 16.0 Å². The van der Waals surface area contributed by atoms with E-state index in [0.717, 1.165) is 34.2 Å². The minimum atomic E-state index is -0.623. The van der Waals surface area contributed by atoms with Crippen LogP contribution in [0.2, 0.25) is 5.02 Å². The van der Waals surface area contributed by atoms with Gasteiger partial charge >= 0.3 is 0 Å². The zero-order chi connectivity index (χ0) is 19.2. The molecule has 2 aliphatic rings. The van der Waals surface area contributed by atoms with Gasteiger partial charge in [0.25, 0.3) is 5.91 Å². The Balaban J connectivity index is 1.72. The molecule has 1 unspecified atom stereocenters. The van der Waals surface area contributed by atoms with Gasteiger partial charge in [0.05, 0.1) is 19.3 Å². The lowest BCUT2D eigenvalue weighted by Gasteiger charge is -2.48. The molecule has 1 aliphatic heterocycles. The van der Waals surface area contributed by atoms with Crippen LogP contribution in [0.15, 0.2) is 46.9 Å². The van der Waals surface area contributed by atoms with E-state index < -0.39 is 11.1 Å². The Morgan fingerprint density at radius 3 is 2.52 bits per heavy atom. The van der Waals surface area contributed by atoms with Gasteiger partial charge in [0.15, 0.2) is 0 Å². The Hall–Kier alpha value is -1.56. The normalized spacial score (nSPS) is 23.6. The monoisotopic (exact) mass is 449 g/mol. The van der Waals surface area contributed by atoms with E-state index in [9.17, 15) is 4.79 Å². The number of carbonyl (C=O) groups is 1. The van der Waals surface area contributed by atoms with Crippen molar-refractivity contribution in [1.29, 1.82) is 0 Å². The van der Waals surface area contributed by atoms with Crippen molar-refractivity contribution in [3.8, 4) is 5.75 Å². The lowest BCUT2D eigenvalue weighted by molar-refractivity contribution is -0.177. The third-order valence-electron chi connectivity index (χ3n) is 5.55. The maximum Gasteiger partial charge on any atom is 0.255 e. The number of halogens is 2. The van der Waals surface area contributed by atoms with E-state index in [1.807, 2.05) is 54.3 Å². The number of morpholine rings is 1. The van der Waals surface area contributed by atoms with Gasteiger partial charge in [0.1, 0.15) is 11.4 Å². The summed E-state index contributed by atoms with van der Waals surface area (Å²) in [7, 11) is 1.64. The smallest absolute Gasteiger partial charge is 0.255 e. The highest BCUT2D eigenvalue weighted by molar-refractivity contribution is 9.10. The number of benzene rings is 2. The second-order valence-electron chi connectivity index (χ2n) is 7.45. The second kappa shape index (κ2) is 6.80. The van der Waals surface area contributed by atoms with Crippen molar-refractivity contribution in [2.45, 2.75) is 37.5 Å². The lowest BCUT2D eigenvalue weighted by atomic mass is 9.87. The summed E-state index contributed by atoms with van der Waals surface area (Å²) in [6, 6.07) is 13.6. The molecule has 142 valence electrons. The molecule has 1 atom stereocenters. The molecule has 0 bridgehead atoms. The standard InChI is InChI=1S/C21H21BrClNO3/c1-20(15-9-16(22)11-17(23)10-15)13-27-21(7-8-21)19(25)24(20)12-14-3-5-18(26-2)6-4-14/h3-6,9-11H,7-8,12-13H2,1-2H3. The third-order valence-corrected chi connectivity index (χ3v) is 6.22. The van der Waals surface area contributed by atoms with E-state index in [4.69, 9.17) is 21.1 Å². The number of amides is 1. The maximum absolute atomic E-state index is 13.3. The average molecular weight is 451 g/mol. The predicted molar refractivity (Wildman–Crippen MR) is 108 cm³/mol. The predicted octanol–water partition coefficient (Wildman–Crippen LogP) is 4.92. The first kappa shape index (κ1) is 18.8. The van der Waals surface area contributed by atoms with Crippen molar-refractivity contribution in [1.82, 2.24) is 4.90 Å². The van der Waals surface area contributed by atoms with Gasteiger partial charge in [-0.2, -0.15) is 0 Å². The third kappa shape index (κ3) is 3.37. The number of methoxy groups -OCH3 is 1. The second-order valence-corrected chi connectivity index (χ2v) is 8.81. The van der Waals surface area contributed by atoms with Gasteiger partial charge in [0.2, 0.25) is 0 Å². The molecule has 4 rings (SSSR count). The summed E-state index contributed by atoms with van der Waals surface area (Å²) >= 11 is 9.80. The highest BCUT2D eigenvalue weighted by atomic mass is 79.9. The largest absolute Gasteiger partial charge is 0.497 e. The summed E-state index contributed by atoms with van der Waals surface area (Å²) in [5.41, 5.74) is 0.786. The maximum atomic E-state index is 13.3. The molecule has 2 aromatic rings. The molecule has 1 spiro atoms. The Labute approximate surface area is 172 Å². The first-order valence-electron chi connectivity index (χ1n) is 8.92. The van der Waals surface area contributed by atoms with Crippen molar-refractivity contribution in [2.24, 2.45) is 0 Å². The molecule has 0 N–H and O–H groups in total. The molecule has 1 amide bonds. The molecule has 4 nitrogen and oxygen atoms in total. The number of hydrogen-bond donors (Lipinski definition) is 0. The van der Waals surface area contributed by atoms with Crippen LogP contribution >= 0.6 is 27.5 Å². The fraction of sp³-hybridized carbons (Fsp3) is 0.381. The Bertz CT molecular complexity index is 861. The summed E-state index contributed by atoms with van der Waals surface area (Å²) in [5.74, 6) is 0.857. The SMILES string of the molecule is COc1ccc(CN2C(=O)C3(CC3)OCC2(C)c2cc(Cl)cc(Br)c2)cc1. The molecular formula is C21H21BrClNO3. The summed E-state index contributed by atoms with van der Waals surface area (Å²) < 4.78 is 12.2. The Morgan fingerprint density at radius 1 is 1.22 bits per heavy atom. The molecule has 1 aliphatic carbocycles. The molecule has 2 fully saturated rings. The molecule has 1 heterocycles. The van der Waals surface area contributed by atoms with Crippen LogP contribution in [0.5, 0.6) is 5.75 Å². The minimum Gasteiger partial charge on any atom is -0.497 e. The Morgan fingerprint density at radius 2 is 1.93 bits per heavy atom. The van der Waals surface area contributed by atoms with Crippen molar-refractivity contribution < 1.29 is 14.3 Å².